The van der Waals surface area contributed by atoms with Gasteiger partial charge >= 0.3 is 6.03 Å². The average Bonchev–Trinajstić information content (AvgIpc) is 2.99. The topological polar surface area (TPSA) is 93.8 Å². The number of nitrogens with zero attached hydrogens (tertiary/aromatic N) is 2. The zero-order valence-corrected chi connectivity index (χ0v) is 16.0. The van der Waals surface area contributed by atoms with Gasteiger partial charge in [0.1, 0.15) is 0 Å². The maximum atomic E-state index is 12.2. The third kappa shape index (κ3) is 5.03. The maximum Gasteiger partial charge on any atom is 0.319 e. The van der Waals surface area contributed by atoms with E-state index in [2.05, 4.69) is 16.0 Å². The summed E-state index contributed by atoms with van der Waals surface area (Å²) in [7, 11) is 0. The van der Waals surface area contributed by atoms with Gasteiger partial charge < -0.3 is 25.8 Å². The Labute approximate surface area is 163 Å². The first-order valence-electron chi connectivity index (χ1n) is 9.09. The molecule has 2 fully saturated rings. The molecule has 0 saturated carbocycles. The zero-order chi connectivity index (χ0) is 19.4. The molecule has 2 aliphatic rings. The second-order valence-corrected chi connectivity index (χ2v) is 7.29. The van der Waals surface area contributed by atoms with E-state index in [1.54, 1.807) is 23.1 Å². The van der Waals surface area contributed by atoms with Crippen LogP contribution in [0.1, 0.15) is 19.8 Å². The van der Waals surface area contributed by atoms with Gasteiger partial charge in [0.2, 0.25) is 11.8 Å². The molecule has 0 radical (unpaired) electrons. The monoisotopic (exact) mass is 393 g/mol. The Kier molecular flexibility index (Phi) is 6.05. The molecule has 27 heavy (non-hydrogen) atoms. The first kappa shape index (κ1) is 19.3. The van der Waals surface area contributed by atoms with Crippen molar-refractivity contribution in [2.24, 2.45) is 0 Å². The molecule has 9 heteroatoms. The SMILES string of the molecule is C[C@H](CN1CCCC1=O)NC(=O)Nc1ccc(N2CCNC(=O)C2)c(Cl)c1. The minimum Gasteiger partial charge on any atom is -0.359 e. The first-order valence-corrected chi connectivity index (χ1v) is 9.46. The minimum atomic E-state index is -0.352. The standard InChI is InChI=1S/C18H24ClN5O3/c1-12(10-24-7-2-3-17(24)26)21-18(27)22-13-4-5-15(14(19)9-13)23-8-6-20-16(25)11-23/h4-5,9,12H,2-3,6-8,10-11H2,1H3,(H,20,25)(H2,21,22,27)/t12-/m1/s1. The van der Waals surface area contributed by atoms with E-state index >= 15 is 0 Å². The number of urea groups is 1. The Hall–Kier alpha value is -2.48. The van der Waals surface area contributed by atoms with Crippen LogP contribution in [0.15, 0.2) is 18.2 Å². The highest BCUT2D eigenvalue weighted by Crippen LogP contribution is 2.29. The summed E-state index contributed by atoms with van der Waals surface area (Å²) in [5, 5.41) is 8.82. The van der Waals surface area contributed by atoms with Crippen LogP contribution in [0.5, 0.6) is 0 Å². The Morgan fingerprint density at radius 1 is 1.33 bits per heavy atom. The van der Waals surface area contributed by atoms with Crippen molar-refractivity contribution in [1.29, 1.82) is 0 Å². The van der Waals surface area contributed by atoms with Gasteiger partial charge in [-0.05, 0) is 31.5 Å². The van der Waals surface area contributed by atoms with Crippen LogP contribution < -0.4 is 20.9 Å². The van der Waals surface area contributed by atoms with Crippen molar-refractivity contribution >= 4 is 40.8 Å². The highest BCUT2D eigenvalue weighted by Gasteiger charge is 2.22. The molecule has 146 valence electrons. The molecule has 4 amide bonds. The lowest BCUT2D eigenvalue weighted by atomic mass is 10.2. The summed E-state index contributed by atoms with van der Waals surface area (Å²) in [4.78, 5) is 39.1. The molecule has 8 nitrogen and oxygen atoms in total. The highest BCUT2D eigenvalue weighted by molar-refractivity contribution is 6.33. The molecule has 1 aromatic rings. The number of piperazine rings is 1. The Morgan fingerprint density at radius 3 is 2.81 bits per heavy atom. The van der Waals surface area contributed by atoms with Crippen molar-refractivity contribution < 1.29 is 14.4 Å². The van der Waals surface area contributed by atoms with E-state index in [0.717, 1.165) is 18.7 Å². The van der Waals surface area contributed by atoms with Gasteiger partial charge in [0.05, 0.1) is 17.3 Å². The first-order chi connectivity index (χ1) is 12.9. The van der Waals surface area contributed by atoms with Gasteiger partial charge in [0.15, 0.2) is 0 Å². The number of anilines is 2. The molecular formula is C18H24ClN5O3. The van der Waals surface area contributed by atoms with Crippen molar-refractivity contribution in [3.8, 4) is 0 Å². The molecule has 0 spiro atoms. The number of likely N-dealkylation sites (tertiary alicyclic amines) is 1. The molecule has 3 N–H and O–H groups in total. The van der Waals surface area contributed by atoms with Crippen LogP contribution in [0.4, 0.5) is 16.2 Å². The third-order valence-corrected chi connectivity index (χ3v) is 4.93. The van der Waals surface area contributed by atoms with Crippen molar-refractivity contribution in [2.75, 3.05) is 42.9 Å². The van der Waals surface area contributed by atoms with Crippen molar-refractivity contribution in [2.45, 2.75) is 25.8 Å². The van der Waals surface area contributed by atoms with Gasteiger partial charge in [-0.15, -0.1) is 0 Å². The van der Waals surface area contributed by atoms with Crippen molar-refractivity contribution in [1.82, 2.24) is 15.5 Å². The van der Waals surface area contributed by atoms with Gasteiger partial charge in [0, 0.05) is 44.3 Å². The molecule has 2 saturated heterocycles. The largest absolute Gasteiger partial charge is 0.359 e. The fourth-order valence-corrected chi connectivity index (χ4v) is 3.65. The van der Waals surface area contributed by atoms with Crippen LogP contribution in [0.3, 0.4) is 0 Å². The number of amides is 4. The summed E-state index contributed by atoms with van der Waals surface area (Å²) in [6.07, 6.45) is 1.46. The summed E-state index contributed by atoms with van der Waals surface area (Å²) >= 11 is 6.34. The van der Waals surface area contributed by atoms with E-state index in [-0.39, 0.29) is 30.4 Å². The quantitative estimate of drug-likeness (QED) is 0.705. The zero-order valence-electron chi connectivity index (χ0n) is 15.3. The van der Waals surface area contributed by atoms with Crippen LogP contribution in [0.25, 0.3) is 0 Å². The predicted octanol–water partition coefficient (Wildman–Crippen LogP) is 1.41. The van der Waals surface area contributed by atoms with Crippen LogP contribution in [-0.2, 0) is 9.59 Å². The molecule has 1 aromatic carbocycles. The van der Waals surface area contributed by atoms with Gasteiger partial charge in [-0.3, -0.25) is 9.59 Å². The second-order valence-electron chi connectivity index (χ2n) is 6.88. The molecule has 1 atom stereocenters. The average molecular weight is 394 g/mol. The van der Waals surface area contributed by atoms with E-state index < -0.39 is 0 Å². The third-order valence-electron chi connectivity index (χ3n) is 4.63. The number of benzene rings is 1. The van der Waals surface area contributed by atoms with Crippen LogP contribution in [0.2, 0.25) is 5.02 Å². The lowest BCUT2D eigenvalue weighted by molar-refractivity contribution is -0.128. The number of hydrogen-bond acceptors (Lipinski definition) is 4. The van der Waals surface area contributed by atoms with E-state index in [1.807, 2.05) is 11.8 Å². The predicted molar refractivity (Wildman–Crippen MR) is 104 cm³/mol. The summed E-state index contributed by atoms with van der Waals surface area (Å²) < 4.78 is 0. The molecule has 2 aliphatic heterocycles. The molecule has 3 rings (SSSR count). The molecular weight excluding hydrogens is 370 g/mol. The van der Waals surface area contributed by atoms with Crippen LogP contribution >= 0.6 is 11.6 Å². The molecule has 0 aromatic heterocycles. The van der Waals surface area contributed by atoms with E-state index in [4.69, 9.17) is 11.6 Å². The van der Waals surface area contributed by atoms with Crippen LogP contribution in [-0.4, -0.2) is 61.5 Å². The summed E-state index contributed by atoms with van der Waals surface area (Å²) in [6.45, 7) is 4.64. The van der Waals surface area contributed by atoms with Gasteiger partial charge in [-0.1, -0.05) is 11.6 Å². The Balaban J connectivity index is 1.54. The van der Waals surface area contributed by atoms with E-state index in [1.165, 1.54) is 0 Å². The summed E-state index contributed by atoms with van der Waals surface area (Å²) in [5.74, 6) is 0.0993. The second kappa shape index (κ2) is 8.47. The normalized spacial score (nSPS) is 18.3. The maximum absolute atomic E-state index is 12.2. The highest BCUT2D eigenvalue weighted by atomic mass is 35.5. The van der Waals surface area contributed by atoms with Gasteiger partial charge in [-0.2, -0.15) is 0 Å². The fourth-order valence-electron chi connectivity index (χ4n) is 3.35. The van der Waals surface area contributed by atoms with Crippen molar-refractivity contribution in [3.05, 3.63) is 23.2 Å². The lowest BCUT2D eigenvalue weighted by Gasteiger charge is -2.29. The summed E-state index contributed by atoms with van der Waals surface area (Å²) in [6, 6.07) is 4.70. The fraction of sp³-hybridized carbons (Fsp3) is 0.500. The van der Waals surface area contributed by atoms with Gasteiger partial charge in [-0.25, -0.2) is 4.79 Å². The number of hydrogen-bond donors (Lipinski definition) is 3. The smallest absolute Gasteiger partial charge is 0.319 e. The molecule has 0 aliphatic carbocycles. The summed E-state index contributed by atoms with van der Waals surface area (Å²) in [5.41, 5.74) is 1.32. The number of carbonyl (C=O) groups excluding carboxylic acids is 3. The molecule has 0 bridgehead atoms. The number of nitrogens with one attached hydrogen (secondary N) is 3. The Morgan fingerprint density at radius 2 is 2.15 bits per heavy atom. The number of rotatable bonds is 5. The number of carbonyl (C=O) groups is 3. The Bertz CT molecular complexity index is 742. The lowest BCUT2D eigenvalue weighted by Crippen LogP contribution is -2.47. The molecule has 0 unspecified atom stereocenters. The van der Waals surface area contributed by atoms with Gasteiger partial charge in [0.25, 0.3) is 0 Å². The van der Waals surface area contributed by atoms with Crippen molar-refractivity contribution in [3.63, 3.8) is 0 Å². The number of halogens is 1. The van der Waals surface area contributed by atoms with Crippen LogP contribution in [0, 0.1) is 0 Å². The van der Waals surface area contributed by atoms with E-state index in [9.17, 15) is 14.4 Å². The minimum absolute atomic E-state index is 0.0376. The molecule has 2 heterocycles. The van der Waals surface area contributed by atoms with E-state index in [0.29, 0.717) is 36.8 Å².